The topological polar surface area (TPSA) is 215 Å². The first kappa shape index (κ1) is 27.6. The van der Waals surface area contributed by atoms with Crippen molar-refractivity contribution in [1.29, 1.82) is 0 Å². The van der Waals surface area contributed by atoms with Crippen molar-refractivity contribution in [3.05, 3.63) is 0 Å². The Balaban J connectivity index is 7.96. The zero-order valence-corrected chi connectivity index (χ0v) is 20.2. The first-order chi connectivity index (χ1) is 11.7. The van der Waals surface area contributed by atoms with Crippen LogP contribution in [0.4, 0.5) is 0 Å². The Kier molecular flexibility index (Phi) is 7.57. The molecule has 0 aromatic carbocycles. The normalized spacial score (nSPS) is 15.6. The largest absolute Gasteiger partial charge is 0.226 e. The molecule has 0 spiro atoms. The van der Waals surface area contributed by atoms with Gasteiger partial charge in [-0.3, -0.25) is 0 Å². The van der Waals surface area contributed by atoms with Gasteiger partial charge in [0.25, 0.3) is 0 Å². The molecule has 0 N–H and O–H groups in total. The third-order valence-corrected chi connectivity index (χ3v) is 12.5. The van der Waals surface area contributed by atoms with Gasteiger partial charge in [0.2, 0.25) is 66.4 Å². The average molecular weight is 530 g/mol. The molecule has 15 nitrogen and oxygen atoms in total. The minimum atomic E-state index is -5.15. The summed E-state index contributed by atoms with van der Waals surface area (Å²) < 4.78 is 142. The molecule has 0 aliphatic rings. The molecule has 0 saturated heterocycles. The maximum Gasteiger partial charge on any atom is 0.226 e. The molecule has 0 rings (SSSR count). The number of hydrogen-bond donors (Lipinski definition) is 0. The van der Waals surface area contributed by atoms with Gasteiger partial charge >= 0.3 is 0 Å². The quantitative estimate of drug-likeness (QED) is 0.261. The van der Waals surface area contributed by atoms with Gasteiger partial charge in [-0.2, -0.15) is 0 Å². The molecule has 0 aliphatic carbocycles. The summed E-state index contributed by atoms with van der Waals surface area (Å²) in [7, 11) is -30.9. The molecule has 0 saturated carbocycles. The lowest BCUT2D eigenvalue weighted by atomic mass is 11.0. The second-order valence-electron chi connectivity index (χ2n) is 5.60. The number of rotatable bonds is 9. The van der Waals surface area contributed by atoms with E-state index < -0.39 is 77.6 Å². The van der Waals surface area contributed by atoms with E-state index in [4.69, 9.17) is 0 Å². The van der Waals surface area contributed by atoms with Crippen molar-refractivity contribution in [3.63, 3.8) is 0 Å². The van der Waals surface area contributed by atoms with Gasteiger partial charge in [0.05, 0.1) is 37.5 Å². The van der Waals surface area contributed by atoms with Gasteiger partial charge in [-0.25, -0.2) is 50.5 Å². The number of nitrogens with zero attached hydrogens (tertiary/aromatic N) is 3. The van der Waals surface area contributed by atoms with Crippen LogP contribution in [0.25, 0.3) is 0 Å². The molecule has 0 aliphatic heterocycles. The molecule has 0 aromatic rings. The van der Waals surface area contributed by atoms with Crippen LogP contribution in [0.2, 0.25) is 0 Å². The lowest BCUT2D eigenvalue weighted by Crippen LogP contribution is -2.65. The Morgan fingerprint density at radius 1 is 0.357 bits per heavy atom. The molecule has 0 bridgehead atoms. The van der Waals surface area contributed by atoms with E-state index in [1.165, 1.54) is 0 Å². The Labute approximate surface area is 165 Å². The van der Waals surface area contributed by atoms with E-state index >= 15 is 0 Å². The summed E-state index contributed by atoms with van der Waals surface area (Å²) in [4.78, 5) is 0. The Hall–Kier alpha value is -0.420. The van der Waals surface area contributed by atoms with Crippen LogP contribution in [0.3, 0.4) is 0 Å². The van der Waals surface area contributed by atoms with Gasteiger partial charge in [0.15, 0.2) is 0 Å². The first-order valence-corrected chi connectivity index (χ1v) is 17.4. The van der Waals surface area contributed by atoms with Gasteiger partial charge in [-0.05, 0) is 0 Å². The summed E-state index contributed by atoms with van der Waals surface area (Å²) >= 11 is 0. The SMILES string of the molecule is CS(=O)(=O)N(C(N(S(C)(=O)=O)S(C)(=O)=O)N(S(C)(=O)=O)S(C)(=O)=O)S(C)(=O)=O. The molecule has 0 unspecified atom stereocenters. The van der Waals surface area contributed by atoms with E-state index in [1.54, 1.807) is 0 Å². The van der Waals surface area contributed by atoms with E-state index in [0.29, 0.717) is 0 Å². The fourth-order valence-electron chi connectivity index (χ4n) is 2.00. The first-order valence-electron chi connectivity index (χ1n) is 6.32. The average Bonchev–Trinajstić information content (AvgIpc) is 2.13. The number of sulfonamides is 6. The van der Waals surface area contributed by atoms with Gasteiger partial charge in [0.1, 0.15) is 0 Å². The summed E-state index contributed by atoms with van der Waals surface area (Å²) in [5, 5.41) is 0. The maximum atomic E-state index is 12.1. The van der Waals surface area contributed by atoms with Gasteiger partial charge in [-0.1, -0.05) is 11.1 Å². The third kappa shape index (κ3) is 6.83. The molecule has 170 valence electrons. The molecular weight excluding hydrogens is 510 g/mol. The predicted octanol–water partition coefficient (Wildman–Crippen LogP) is -4.07. The van der Waals surface area contributed by atoms with E-state index in [0.717, 1.165) is 0 Å². The highest BCUT2D eigenvalue weighted by atomic mass is 32.3. The highest BCUT2D eigenvalue weighted by Crippen LogP contribution is 2.27. The van der Waals surface area contributed by atoms with E-state index in [2.05, 4.69) is 0 Å². The van der Waals surface area contributed by atoms with Crippen molar-refractivity contribution >= 4 is 60.1 Å². The molecule has 0 fully saturated rings. The lowest BCUT2D eigenvalue weighted by Gasteiger charge is -2.38. The van der Waals surface area contributed by atoms with Crippen LogP contribution in [0, 0.1) is 0 Å². The smallest absolute Gasteiger partial charge is 0.211 e. The highest BCUT2D eigenvalue weighted by molar-refractivity contribution is 8.06. The van der Waals surface area contributed by atoms with Gasteiger partial charge in [0, 0.05) is 0 Å². The Morgan fingerprint density at radius 3 is 0.536 bits per heavy atom. The molecule has 0 atom stereocenters. The van der Waals surface area contributed by atoms with Crippen molar-refractivity contribution in [2.45, 2.75) is 6.29 Å². The van der Waals surface area contributed by atoms with Crippen molar-refractivity contribution in [3.8, 4) is 0 Å². The van der Waals surface area contributed by atoms with Crippen molar-refractivity contribution in [1.82, 2.24) is 11.1 Å². The highest BCUT2D eigenvalue weighted by Gasteiger charge is 2.55. The van der Waals surface area contributed by atoms with Crippen molar-refractivity contribution in [2.75, 3.05) is 37.5 Å². The van der Waals surface area contributed by atoms with E-state index in [9.17, 15) is 50.5 Å². The summed E-state index contributed by atoms with van der Waals surface area (Å²) in [5.74, 6) is 0. The Morgan fingerprint density at radius 2 is 0.464 bits per heavy atom. The van der Waals surface area contributed by atoms with E-state index in [-0.39, 0.29) is 37.5 Å². The fourth-order valence-corrected chi connectivity index (χ4v) is 11.8. The lowest BCUT2D eigenvalue weighted by molar-refractivity contribution is 0.235. The summed E-state index contributed by atoms with van der Waals surface area (Å²) in [6.45, 7) is 0. The third-order valence-electron chi connectivity index (χ3n) is 2.53. The Bertz CT molecular complexity index is 999. The van der Waals surface area contributed by atoms with Crippen molar-refractivity contribution in [2.24, 2.45) is 0 Å². The number of hydrogen-bond acceptors (Lipinski definition) is 12. The van der Waals surface area contributed by atoms with Crippen molar-refractivity contribution < 1.29 is 50.5 Å². The zero-order valence-electron chi connectivity index (χ0n) is 15.3. The molecule has 28 heavy (non-hydrogen) atoms. The van der Waals surface area contributed by atoms with Crippen LogP contribution in [-0.2, 0) is 60.1 Å². The monoisotopic (exact) mass is 529 g/mol. The molecular formula is C7H19N3O12S6. The summed E-state index contributed by atoms with van der Waals surface area (Å²) in [5.41, 5.74) is 0. The maximum absolute atomic E-state index is 12.1. The van der Waals surface area contributed by atoms with Crippen LogP contribution < -0.4 is 0 Å². The van der Waals surface area contributed by atoms with Crippen LogP contribution in [-0.4, -0.2) is 105 Å². The van der Waals surface area contributed by atoms with E-state index in [1.807, 2.05) is 0 Å². The van der Waals surface area contributed by atoms with Crippen LogP contribution >= 0.6 is 0 Å². The standard InChI is InChI=1S/C7H19N3O12S6/c1-23(11,12)8(24(2,13)14)7(9(25(3,15)16)26(4,17)18)10(27(5,19)20)28(6,21)22/h7H,1-6H3. The minimum Gasteiger partial charge on any atom is -0.211 e. The zero-order chi connectivity index (χ0) is 23.3. The van der Waals surface area contributed by atoms with Crippen LogP contribution in [0.1, 0.15) is 0 Å². The van der Waals surface area contributed by atoms with Gasteiger partial charge < -0.3 is 0 Å². The fraction of sp³-hybridized carbons (Fsp3) is 1.00. The molecule has 0 radical (unpaired) electrons. The molecule has 0 heterocycles. The molecule has 0 aromatic heterocycles. The molecule has 21 heteroatoms. The predicted molar refractivity (Wildman–Crippen MR) is 98.4 cm³/mol. The second kappa shape index (κ2) is 7.68. The second-order valence-corrected chi connectivity index (χ2v) is 17.5. The van der Waals surface area contributed by atoms with Crippen LogP contribution in [0.5, 0.6) is 0 Å². The minimum absolute atomic E-state index is 0.173. The summed E-state index contributed by atoms with van der Waals surface area (Å²) in [6.07, 6.45) is -2.35. The summed E-state index contributed by atoms with van der Waals surface area (Å²) in [6, 6.07) is 0. The van der Waals surface area contributed by atoms with Gasteiger partial charge in [-0.15, -0.1) is 0 Å². The molecule has 0 amide bonds. The van der Waals surface area contributed by atoms with Crippen LogP contribution in [0.15, 0.2) is 0 Å².